The van der Waals surface area contributed by atoms with Crippen molar-refractivity contribution in [3.05, 3.63) is 71.5 Å². The van der Waals surface area contributed by atoms with Crippen LogP contribution in [0.1, 0.15) is 15.9 Å². The van der Waals surface area contributed by atoms with Gasteiger partial charge in [-0.3, -0.25) is 4.79 Å². The van der Waals surface area contributed by atoms with E-state index in [-0.39, 0.29) is 12.1 Å². The van der Waals surface area contributed by atoms with Crippen LogP contribution in [0.3, 0.4) is 0 Å². The highest BCUT2D eigenvalue weighted by atomic mass is 19.1. The molecule has 0 saturated heterocycles. The van der Waals surface area contributed by atoms with E-state index in [0.29, 0.717) is 0 Å². The lowest BCUT2D eigenvalue weighted by molar-refractivity contribution is 0.0954. The minimum atomic E-state index is -0.531. The Labute approximate surface area is 111 Å². The quantitative estimate of drug-likeness (QED) is 0.819. The highest BCUT2D eigenvalue weighted by Gasteiger charge is 2.08. The van der Waals surface area contributed by atoms with Gasteiger partial charge in [-0.2, -0.15) is 0 Å². The van der Waals surface area contributed by atoms with E-state index in [9.17, 15) is 9.18 Å². The normalized spacial score (nSPS) is 9.32. The number of amides is 1. The summed E-state index contributed by atoms with van der Waals surface area (Å²) in [5.74, 6) is 4.74. The van der Waals surface area contributed by atoms with Gasteiger partial charge in [-0.25, -0.2) is 4.39 Å². The number of hydrogen-bond donors (Lipinski definition) is 1. The summed E-state index contributed by atoms with van der Waals surface area (Å²) in [4.78, 5) is 11.7. The Morgan fingerprint density at radius 1 is 1.05 bits per heavy atom. The van der Waals surface area contributed by atoms with Gasteiger partial charge in [0.2, 0.25) is 0 Å². The Morgan fingerprint density at radius 2 is 1.74 bits per heavy atom. The maximum Gasteiger partial charge on any atom is 0.255 e. The Hall–Kier alpha value is -2.60. The molecule has 0 saturated carbocycles. The first-order valence-electron chi connectivity index (χ1n) is 5.84. The maximum atomic E-state index is 13.3. The van der Waals surface area contributed by atoms with Gasteiger partial charge in [0, 0.05) is 5.56 Å². The van der Waals surface area contributed by atoms with E-state index >= 15 is 0 Å². The molecule has 0 aromatic heterocycles. The molecule has 0 bridgehead atoms. The van der Waals surface area contributed by atoms with E-state index in [4.69, 9.17) is 0 Å². The van der Waals surface area contributed by atoms with Gasteiger partial charge < -0.3 is 5.32 Å². The molecule has 94 valence electrons. The first kappa shape index (κ1) is 12.8. The topological polar surface area (TPSA) is 29.1 Å². The molecule has 0 unspecified atom stereocenters. The van der Waals surface area contributed by atoms with Crippen LogP contribution in [0.25, 0.3) is 0 Å². The van der Waals surface area contributed by atoms with E-state index in [1.807, 2.05) is 30.3 Å². The molecule has 0 fully saturated rings. The Kier molecular flexibility index (Phi) is 4.30. The molecule has 0 aliphatic rings. The fraction of sp³-hybridized carbons (Fsp3) is 0.0625. The molecule has 3 heteroatoms. The standard InChI is InChI=1S/C16H12FNO/c17-15-11-5-4-10-14(15)16(19)18-12-6-9-13-7-2-1-3-8-13/h1-5,7-8,10-11H,12H2,(H,18,19). The van der Waals surface area contributed by atoms with Gasteiger partial charge in [-0.1, -0.05) is 42.2 Å². The van der Waals surface area contributed by atoms with Gasteiger partial charge in [0.15, 0.2) is 0 Å². The lowest BCUT2D eigenvalue weighted by Crippen LogP contribution is -2.24. The highest BCUT2D eigenvalue weighted by Crippen LogP contribution is 2.05. The molecule has 2 rings (SSSR count). The molecule has 2 aromatic carbocycles. The molecular weight excluding hydrogens is 241 g/mol. The number of halogens is 1. The SMILES string of the molecule is O=C(NCC#Cc1ccccc1)c1ccccc1F. The number of carbonyl (C=O) groups is 1. The lowest BCUT2D eigenvalue weighted by atomic mass is 10.2. The number of hydrogen-bond acceptors (Lipinski definition) is 1. The van der Waals surface area contributed by atoms with Gasteiger partial charge >= 0.3 is 0 Å². The van der Waals surface area contributed by atoms with Crippen molar-refractivity contribution in [2.45, 2.75) is 0 Å². The van der Waals surface area contributed by atoms with Crippen LogP contribution in [0, 0.1) is 17.7 Å². The lowest BCUT2D eigenvalue weighted by Gasteiger charge is -2.01. The summed E-state index contributed by atoms with van der Waals surface area (Å²) >= 11 is 0. The third kappa shape index (κ3) is 3.68. The summed E-state index contributed by atoms with van der Waals surface area (Å²) in [5.41, 5.74) is 0.909. The molecule has 0 atom stereocenters. The van der Waals surface area contributed by atoms with Gasteiger partial charge in [0.25, 0.3) is 5.91 Å². The van der Waals surface area contributed by atoms with E-state index in [2.05, 4.69) is 17.2 Å². The molecular formula is C16H12FNO. The average molecular weight is 253 g/mol. The molecule has 19 heavy (non-hydrogen) atoms. The predicted octanol–water partition coefficient (Wildman–Crippen LogP) is 2.61. The summed E-state index contributed by atoms with van der Waals surface area (Å²) in [5, 5.41) is 2.56. The van der Waals surface area contributed by atoms with Crippen LogP contribution >= 0.6 is 0 Å². The van der Waals surface area contributed by atoms with Crippen LogP contribution in [-0.4, -0.2) is 12.5 Å². The molecule has 0 aliphatic heterocycles. The Balaban J connectivity index is 1.92. The fourth-order valence-corrected chi connectivity index (χ4v) is 1.53. The molecule has 2 nitrogen and oxygen atoms in total. The third-order valence-corrected chi connectivity index (χ3v) is 2.46. The number of carbonyl (C=O) groups excluding carboxylic acids is 1. The fourth-order valence-electron chi connectivity index (χ4n) is 1.53. The number of benzene rings is 2. The molecule has 0 radical (unpaired) electrons. The predicted molar refractivity (Wildman–Crippen MR) is 72.1 cm³/mol. The van der Waals surface area contributed by atoms with Gasteiger partial charge in [0.1, 0.15) is 5.82 Å². The van der Waals surface area contributed by atoms with Crippen LogP contribution in [0.5, 0.6) is 0 Å². The van der Waals surface area contributed by atoms with Crippen molar-refractivity contribution in [3.8, 4) is 11.8 Å². The molecule has 0 spiro atoms. The molecule has 1 N–H and O–H groups in total. The summed E-state index contributed by atoms with van der Waals surface area (Å²) in [7, 11) is 0. The third-order valence-electron chi connectivity index (χ3n) is 2.46. The molecule has 1 amide bonds. The van der Waals surface area contributed by atoms with Gasteiger partial charge in [0.05, 0.1) is 12.1 Å². The summed E-state index contributed by atoms with van der Waals surface area (Å²) < 4.78 is 13.3. The van der Waals surface area contributed by atoms with Crippen molar-refractivity contribution < 1.29 is 9.18 Å². The van der Waals surface area contributed by atoms with E-state index in [1.165, 1.54) is 12.1 Å². The summed E-state index contributed by atoms with van der Waals surface area (Å²) in [6, 6.07) is 15.3. The van der Waals surface area contributed by atoms with Crippen molar-refractivity contribution >= 4 is 5.91 Å². The van der Waals surface area contributed by atoms with E-state index < -0.39 is 11.7 Å². The minimum absolute atomic E-state index is 0.0315. The molecule has 2 aromatic rings. The van der Waals surface area contributed by atoms with Gasteiger partial charge in [-0.05, 0) is 24.3 Å². The van der Waals surface area contributed by atoms with Crippen molar-refractivity contribution in [2.75, 3.05) is 6.54 Å². The number of nitrogens with one attached hydrogen (secondary N) is 1. The Bertz CT molecular complexity index is 626. The second-order valence-corrected chi connectivity index (χ2v) is 3.83. The zero-order valence-electron chi connectivity index (χ0n) is 10.2. The summed E-state index contributed by atoms with van der Waals surface area (Å²) in [6.07, 6.45) is 0. The summed E-state index contributed by atoms with van der Waals surface area (Å²) in [6.45, 7) is 0.183. The van der Waals surface area contributed by atoms with E-state index in [1.54, 1.807) is 12.1 Å². The van der Waals surface area contributed by atoms with E-state index in [0.717, 1.165) is 5.56 Å². The van der Waals surface area contributed by atoms with Gasteiger partial charge in [-0.15, -0.1) is 0 Å². The first-order valence-corrected chi connectivity index (χ1v) is 5.84. The van der Waals surface area contributed by atoms with Crippen molar-refractivity contribution in [2.24, 2.45) is 0 Å². The van der Waals surface area contributed by atoms with Crippen LogP contribution in [-0.2, 0) is 0 Å². The molecule has 0 heterocycles. The van der Waals surface area contributed by atoms with Crippen LogP contribution in [0.4, 0.5) is 4.39 Å². The first-order chi connectivity index (χ1) is 9.27. The number of rotatable bonds is 2. The van der Waals surface area contributed by atoms with Crippen molar-refractivity contribution in [3.63, 3.8) is 0 Å². The smallest absolute Gasteiger partial charge is 0.255 e. The monoisotopic (exact) mass is 253 g/mol. The largest absolute Gasteiger partial charge is 0.341 e. The van der Waals surface area contributed by atoms with Crippen LogP contribution in [0.2, 0.25) is 0 Å². The highest BCUT2D eigenvalue weighted by molar-refractivity contribution is 5.94. The molecule has 0 aliphatic carbocycles. The van der Waals surface area contributed by atoms with Crippen LogP contribution in [0.15, 0.2) is 54.6 Å². The second kappa shape index (κ2) is 6.36. The van der Waals surface area contributed by atoms with Crippen LogP contribution < -0.4 is 5.32 Å². The van der Waals surface area contributed by atoms with Crippen molar-refractivity contribution in [1.29, 1.82) is 0 Å². The minimum Gasteiger partial charge on any atom is -0.341 e. The zero-order valence-corrected chi connectivity index (χ0v) is 10.2. The maximum absolute atomic E-state index is 13.3. The second-order valence-electron chi connectivity index (χ2n) is 3.83. The Morgan fingerprint density at radius 3 is 2.47 bits per heavy atom. The average Bonchev–Trinajstić information content (AvgIpc) is 2.45. The zero-order chi connectivity index (χ0) is 13.5. The van der Waals surface area contributed by atoms with Crippen molar-refractivity contribution in [1.82, 2.24) is 5.32 Å².